The van der Waals surface area contributed by atoms with E-state index in [1.165, 1.54) is 11.6 Å². The van der Waals surface area contributed by atoms with Gasteiger partial charge in [0.15, 0.2) is 0 Å². The van der Waals surface area contributed by atoms with Crippen LogP contribution in [-0.2, 0) is 32.4 Å². The third-order valence-corrected chi connectivity index (χ3v) is 7.98. The summed E-state index contributed by atoms with van der Waals surface area (Å²) in [6, 6.07) is 9.60. The Balaban J connectivity index is 1.83. The predicted molar refractivity (Wildman–Crippen MR) is 111 cm³/mol. The maximum absolute atomic E-state index is 13.6. The molecule has 1 aromatic heterocycles. The molecule has 2 bridgehead atoms. The van der Waals surface area contributed by atoms with Crippen LogP contribution in [-0.4, -0.2) is 39.7 Å². The van der Waals surface area contributed by atoms with E-state index >= 15 is 0 Å². The summed E-state index contributed by atoms with van der Waals surface area (Å²) in [5.41, 5.74) is 0.247. The maximum Gasteiger partial charge on any atom is 0.348 e. The Morgan fingerprint density at radius 2 is 1.84 bits per heavy atom. The normalized spacial score (nSPS) is 32.7. The molecule has 0 N–H and O–H groups in total. The van der Waals surface area contributed by atoms with E-state index in [1.807, 2.05) is 30.3 Å². The van der Waals surface area contributed by atoms with E-state index in [0.717, 1.165) is 29.6 Å². The van der Waals surface area contributed by atoms with Gasteiger partial charge in [-0.15, -0.1) is 0 Å². The van der Waals surface area contributed by atoms with Gasteiger partial charge in [-0.2, -0.15) is 0 Å². The highest BCUT2D eigenvalue weighted by atomic mass is 16.5. The summed E-state index contributed by atoms with van der Waals surface area (Å²) in [6.45, 7) is 2.82. The lowest BCUT2D eigenvalue weighted by Crippen LogP contribution is -2.71. The first-order chi connectivity index (χ1) is 15.0. The van der Waals surface area contributed by atoms with Gasteiger partial charge < -0.3 is 9.47 Å². The summed E-state index contributed by atoms with van der Waals surface area (Å²) in [7, 11) is 1.52. The van der Waals surface area contributed by atoms with E-state index in [1.54, 1.807) is 16.3 Å². The number of carbonyl (C=O) groups is 1. The molecule has 2 aromatic rings. The van der Waals surface area contributed by atoms with Crippen molar-refractivity contribution in [2.45, 2.75) is 37.3 Å². The van der Waals surface area contributed by atoms with Crippen molar-refractivity contribution in [3.8, 4) is 0 Å². The fourth-order valence-electron chi connectivity index (χ4n) is 7.05. The standard InChI is InChI=1S/C23H25N3O5/c1-3-31-19(27)18-15-10-7-11-22(15)16-12-30-13-17(16)23(18,14-8-5-4-6-9-14)26-21(29)24(2)20(28)25(22)26/h4-6,8-9,15,18H,3,7,10-13H2,1-2H3/t15-,18+,22-,23-/m0/s1. The Kier molecular flexibility index (Phi) is 3.71. The highest BCUT2D eigenvalue weighted by molar-refractivity contribution is 5.79. The van der Waals surface area contributed by atoms with E-state index < -0.39 is 22.7 Å². The third kappa shape index (κ3) is 1.89. The molecule has 8 nitrogen and oxygen atoms in total. The first-order valence-corrected chi connectivity index (χ1v) is 11.0. The fraction of sp³-hybridized carbons (Fsp3) is 0.522. The summed E-state index contributed by atoms with van der Waals surface area (Å²) in [6.07, 6.45) is 2.38. The number of carbonyl (C=O) groups excluding carboxylic acids is 1. The highest BCUT2D eigenvalue weighted by Crippen LogP contribution is 2.66. The van der Waals surface area contributed by atoms with Crippen molar-refractivity contribution in [1.29, 1.82) is 0 Å². The molecule has 1 saturated carbocycles. The Labute approximate surface area is 178 Å². The lowest BCUT2D eigenvalue weighted by Gasteiger charge is -2.59. The van der Waals surface area contributed by atoms with Crippen LogP contribution < -0.4 is 11.4 Å². The number of hydrogen-bond donors (Lipinski definition) is 0. The van der Waals surface area contributed by atoms with E-state index in [4.69, 9.17) is 9.47 Å². The van der Waals surface area contributed by atoms with Crippen LogP contribution in [0.5, 0.6) is 0 Å². The van der Waals surface area contributed by atoms with Crippen LogP contribution in [0.15, 0.2) is 51.1 Å². The molecule has 2 aliphatic carbocycles. The van der Waals surface area contributed by atoms with Crippen LogP contribution in [0, 0.1) is 11.8 Å². The number of rotatable bonds is 3. The van der Waals surface area contributed by atoms with Gasteiger partial charge in [0.2, 0.25) is 0 Å². The molecule has 5 aliphatic rings. The molecular weight excluding hydrogens is 398 g/mol. The Morgan fingerprint density at radius 3 is 2.58 bits per heavy atom. The molecule has 0 saturated heterocycles. The van der Waals surface area contributed by atoms with Crippen molar-refractivity contribution < 1.29 is 14.3 Å². The Morgan fingerprint density at radius 1 is 1.13 bits per heavy atom. The molecule has 1 fully saturated rings. The van der Waals surface area contributed by atoms with Crippen LogP contribution in [0.25, 0.3) is 0 Å². The van der Waals surface area contributed by atoms with Gasteiger partial charge in [0.05, 0.1) is 31.3 Å². The van der Waals surface area contributed by atoms with Crippen molar-refractivity contribution in [3.05, 3.63) is 68.0 Å². The van der Waals surface area contributed by atoms with Gasteiger partial charge in [0.25, 0.3) is 0 Å². The SMILES string of the molecule is CCOC(=O)[C@H]1[C@@H]2CCC[C@@]23C2=C(COC2)[C@]1(c1ccccc1)n1c(=O)n(C)c(=O)n13. The molecule has 0 amide bonds. The van der Waals surface area contributed by atoms with Crippen LogP contribution in [0.1, 0.15) is 31.7 Å². The lowest BCUT2D eigenvalue weighted by molar-refractivity contribution is -0.160. The zero-order valence-corrected chi connectivity index (χ0v) is 17.7. The molecule has 1 aromatic carbocycles. The quantitative estimate of drug-likeness (QED) is 0.546. The molecular formula is C23H25N3O5. The van der Waals surface area contributed by atoms with E-state index in [0.29, 0.717) is 19.6 Å². The van der Waals surface area contributed by atoms with Gasteiger partial charge in [0, 0.05) is 13.0 Å². The Bertz CT molecular complexity index is 1250. The van der Waals surface area contributed by atoms with Crippen molar-refractivity contribution in [3.63, 3.8) is 0 Å². The van der Waals surface area contributed by atoms with Gasteiger partial charge in [-0.05, 0) is 36.5 Å². The van der Waals surface area contributed by atoms with Crippen LogP contribution >= 0.6 is 0 Å². The van der Waals surface area contributed by atoms with Crippen molar-refractivity contribution >= 4 is 5.97 Å². The summed E-state index contributed by atoms with van der Waals surface area (Å²) < 4.78 is 16.0. The average Bonchev–Trinajstić information content (AvgIpc) is 3.49. The van der Waals surface area contributed by atoms with E-state index in [9.17, 15) is 14.4 Å². The second-order valence-electron chi connectivity index (χ2n) is 8.98. The minimum absolute atomic E-state index is 0.133. The Hall–Kier alpha value is -2.87. The topological polar surface area (TPSA) is 84.5 Å². The van der Waals surface area contributed by atoms with Crippen LogP contribution in [0.4, 0.5) is 0 Å². The summed E-state index contributed by atoms with van der Waals surface area (Å²) >= 11 is 0. The smallest absolute Gasteiger partial charge is 0.348 e. The molecule has 31 heavy (non-hydrogen) atoms. The molecule has 4 atom stereocenters. The molecule has 1 spiro atoms. The summed E-state index contributed by atoms with van der Waals surface area (Å²) in [5, 5.41) is 0. The number of ether oxygens (including phenoxy) is 2. The first kappa shape index (κ1) is 18.9. The minimum atomic E-state index is -1.13. The molecule has 162 valence electrons. The summed E-state index contributed by atoms with van der Waals surface area (Å²) in [5.74, 6) is -1.04. The number of esters is 1. The molecule has 7 rings (SSSR count). The number of nitrogens with zero attached hydrogens (tertiary/aromatic N) is 3. The van der Waals surface area contributed by atoms with E-state index in [2.05, 4.69) is 0 Å². The first-order valence-electron chi connectivity index (χ1n) is 11.0. The van der Waals surface area contributed by atoms with Gasteiger partial charge in [-0.1, -0.05) is 36.8 Å². The zero-order valence-electron chi connectivity index (χ0n) is 17.7. The second-order valence-corrected chi connectivity index (χ2v) is 8.98. The predicted octanol–water partition coefficient (Wildman–Crippen LogP) is 1.12. The molecule has 0 unspecified atom stereocenters. The largest absolute Gasteiger partial charge is 0.466 e. The molecule has 4 heterocycles. The number of hydrogen-bond acceptors (Lipinski definition) is 5. The summed E-state index contributed by atoms with van der Waals surface area (Å²) in [4.78, 5) is 40.7. The van der Waals surface area contributed by atoms with E-state index in [-0.39, 0.29) is 24.2 Å². The monoisotopic (exact) mass is 423 g/mol. The maximum atomic E-state index is 13.6. The lowest BCUT2D eigenvalue weighted by atomic mass is 9.54. The fourth-order valence-corrected chi connectivity index (χ4v) is 7.05. The van der Waals surface area contributed by atoms with Gasteiger partial charge in [0.1, 0.15) is 5.54 Å². The van der Waals surface area contributed by atoms with Gasteiger partial charge in [-0.25, -0.2) is 23.5 Å². The number of aromatic nitrogens is 3. The number of benzene rings is 1. The van der Waals surface area contributed by atoms with Gasteiger partial charge >= 0.3 is 17.3 Å². The van der Waals surface area contributed by atoms with Crippen LogP contribution in [0.3, 0.4) is 0 Å². The van der Waals surface area contributed by atoms with Gasteiger partial charge in [-0.3, -0.25) is 4.79 Å². The van der Waals surface area contributed by atoms with Crippen LogP contribution in [0.2, 0.25) is 0 Å². The van der Waals surface area contributed by atoms with Crippen molar-refractivity contribution in [2.24, 2.45) is 18.9 Å². The third-order valence-electron chi connectivity index (χ3n) is 7.98. The minimum Gasteiger partial charge on any atom is -0.466 e. The van der Waals surface area contributed by atoms with Crippen molar-refractivity contribution in [1.82, 2.24) is 13.9 Å². The second kappa shape index (κ2) is 6.09. The van der Waals surface area contributed by atoms with Crippen molar-refractivity contribution in [2.75, 3.05) is 19.8 Å². The molecule has 3 aliphatic heterocycles. The molecule has 0 radical (unpaired) electrons. The highest BCUT2D eigenvalue weighted by Gasteiger charge is 2.72. The average molecular weight is 423 g/mol. The zero-order chi connectivity index (χ0) is 21.5. The molecule has 8 heteroatoms.